The molecule has 1 aliphatic rings. The van der Waals surface area contributed by atoms with Crippen LogP contribution in [0.3, 0.4) is 0 Å². The Bertz CT molecular complexity index is 582. The van der Waals surface area contributed by atoms with Crippen molar-refractivity contribution in [2.45, 2.75) is 91.4 Å². The Hall–Kier alpha value is -1.48. The van der Waals surface area contributed by atoms with Crippen LogP contribution in [-0.2, 0) is 5.41 Å². The number of phenols is 2. The minimum Gasteiger partial charge on any atom is -0.508 e. The Morgan fingerprint density at radius 2 is 1.68 bits per heavy atom. The summed E-state index contributed by atoms with van der Waals surface area (Å²) in [6.07, 6.45) is 11.8. The molecule has 0 radical (unpaired) electrons. The van der Waals surface area contributed by atoms with Gasteiger partial charge in [0.15, 0.2) is 0 Å². The van der Waals surface area contributed by atoms with Crippen LogP contribution in [0.4, 0.5) is 0 Å². The molecule has 1 atom stereocenters. The number of aromatic hydroxyl groups is 2. The van der Waals surface area contributed by atoms with Crippen LogP contribution < -0.4 is 0 Å². The minimum atomic E-state index is 0.00393. The monoisotopic (exact) mass is 390 g/mol. The van der Waals surface area contributed by atoms with Gasteiger partial charge in [0.2, 0.25) is 0 Å². The molecule has 1 aromatic rings. The number of benzene rings is 1. The van der Waals surface area contributed by atoms with Crippen LogP contribution in [0.15, 0.2) is 29.8 Å². The Kier molecular flexibility index (Phi) is 10.7. The lowest BCUT2D eigenvalue weighted by Gasteiger charge is -2.25. The van der Waals surface area contributed by atoms with E-state index in [9.17, 15) is 10.2 Å². The standard InChI is InChI=1S/C15H24O2.C10H18O/c1-4-5-6-7-8-15(2,3)12-9-13(16)11-14(17)10-12;1-8(2)10-5-3-9(7-11)4-6-10/h9-11,16-17H,4-8H2,1-3H3;3,8,10-11H,4-7H2,1-2H3/t;10-/m.0/s1. The van der Waals surface area contributed by atoms with Gasteiger partial charge in [0.1, 0.15) is 11.5 Å². The van der Waals surface area contributed by atoms with Crippen LogP contribution in [0, 0.1) is 11.8 Å². The van der Waals surface area contributed by atoms with E-state index in [0.717, 1.165) is 30.2 Å². The van der Waals surface area contributed by atoms with Gasteiger partial charge in [-0.1, -0.05) is 66.4 Å². The first-order valence-corrected chi connectivity index (χ1v) is 11.0. The lowest BCUT2D eigenvalue weighted by molar-refractivity contribution is 0.299. The van der Waals surface area contributed by atoms with Crippen LogP contribution in [0.25, 0.3) is 0 Å². The molecular weight excluding hydrogens is 348 g/mol. The molecule has 3 N–H and O–H groups in total. The van der Waals surface area contributed by atoms with Crippen molar-refractivity contribution in [2.24, 2.45) is 11.8 Å². The van der Waals surface area contributed by atoms with Crippen LogP contribution in [0.2, 0.25) is 0 Å². The third-order valence-corrected chi connectivity index (χ3v) is 6.03. The van der Waals surface area contributed by atoms with Crippen molar-refractivity contribution in [1.82, 2.24) is 0 Å². The molecule has 0 saturated heterocycles. The summed E-state index contributed by atoms with van der Waals surface area (Å²) >= 11 is 0. The largest absolute Gasteiger partial charge is 0.508 e. The molecular formula is C25H42O3. The molecule has 160 valence electrons. The van der Waals surface area contributed by atoms with Gasteiger partial charge < -0.3 is 15.3 Å². The quantitative estimate of drug-likeness (QED) is 0.341. The summed E-state index contributed by atoms with van der Waals surface area (Å²) in [5.74, 6) is 1.93. The maximum atomic E-state index is 9.51. The highest BCUT2D eigenvalue weighted by atomic mass is 16.3. The Morgan fingerprint density at radius 3 is 2.14 bits per heavy atom. The van der Waals surface area contributed by atoms with E-state index in [2.05, 4.69) is 40.7 Å². The molecule has 0 aromatic heterocycles. The maximum absolute atomic E-state index is 9.51. The van der Waals surface area contributed by atoms with Gasteiger partial charge in [0, 0.05) is 6.07 Å². The van der Waals surface area contributed by atoms with Crippen molar-refractivity contribution >= 4 is 0 Å². The number of hydrogen-bond acceptors (Lipinski definition) is 3. The number of hydrogen-bond donors (Lipinski definition) is 3. The van der Waals surface area contributed by atoms with E-state index in [1.54, 1.807) is 12.1 Å². The molecule has 1 aliphatic carbocycles. The van der Waals surface area contributed by atoms with E-state index < -0.39 is 0 Å². The molecule has 0 spiro atoms. The van der Waals surface area contributed by atoms with Gasteiger partial charge in [-0.2, -0.15) is 0 Å². The summed E-state index contributed by atoms with van der Waals surface area (Å²) in [7, 11) is 0. The maximum Gasteiger partial charge on any atom is 0.119 e. The average molecular weight is 391 g/mol. The summed E-state index contributed by atoms with van der Waals surface area (Å²) in [6.45, 7) is 11.4. The first-order chi connectivity index (χ1) is 13.2. The van der Waals surface area contributed by atoms with Gasteiger partial charge in [-0.25, -0.2) is 0 Å². The topological polar surface area (TPSA) is 60.7 Å². The van der Waals surface area contributed by atoms with Gasteiger partial charge in [-0.05, 0) is 66.2 Å². The van der Waals surface area contributed by atoms with E-state index in [-0.39, 0.29) is 23.5 Å². The van der Waals surface area contributed by atoms with Crippen LogP contribution >= 0.6 is 0 Å². The lowest BCUT2D eigenvalue weighted by Crippen LogP contribution is -2.16. The van der Waals surface area contributed by atoms with Gasteiger partial charge >= 0.3 is 0 Å². The number of unbranched alkanes of at least 4 members (excludes halogenated alkanes) is 3. The minimum absolute atomic E-state index is 0.00393. The average Bonchev–Trinajstić information content (AvgIpc) is 2.65. The fourth-order valence-corrected chi connectivity index (χ4v) is 3.78. The summed E-state index contributed by atoms with van der Waals surface area (Å²) in [5, 5.41) is 27.9. The van der Waals surface area contributed by atoms with Gasteiger partial charge in [0.05, 0.1) is 6.61 Å². The van der Waals surface area contributed by atoms with E-state index in [4.69, 9.17) is 5.11 Å². The van der Waals surface area contributed by atoms with E-state index >= 15 is 0 Å². The van der Waals surface area contributed by atoms with Gasteiger partial charge in [0.25, 0.3) is 0 Å². The molecule has 0 fully saturated rings. The molecule has 0 unspecified atom stereocenters. The zero-order chi connectivity index (χ0) is 21.2. The molecule has 0 bridgehead atoms. The van der Waals surface area contributed by atoms with E-state index in [0.29, 0.717) is 0 Å². The first-order valence-electron chi connectivity index (χ1n) is 11.0. The second-order valence-electron chi connectivity index (χ2n) is 9.23. The first kappa shape index (κ1) is 24.6. The van der Waals surface area contributed by atoms with Crippen molar-refractivity contribution in [3.8, 4) is 11.5 Å². The zero-order valence-corrected chi connectivity index (χ0v) is 18.7. The van der Waals surface area contributed by atoms with Crippen molar-refractivity contribution in [3.63, 3.8) is 0 Å². The molecule has 0 heterocycles. The van der Waals surface area contributed by atoms with Gasteiger partial charge in [-0.3, -0.25) is 0 Å². The van der Waals surface area contributed by atoms with Crippen molar-refractivity contribution in [2.75, 3.05) is 6.61 Å². The Labute approximate surface area is 172 Å². The summed E-state index contributed by atoms with van der Waals surface area (Å²) in [4.78, 5) is 0. The number of aliphatic hydroxyl groups is 1. The van der Waals surface area contributed by atoms with Crippen molar-refractivity contribution < 1.29 is 15.3 Å². The zero-order valence-electron chi connectivity index (χ0n) is 18.7. The van der Waals surface area contributed by atoms with Crippen LogP contribution in [-0.4, -0.2) is 21.9 Å². The number of phenolic OH excluding ortho intramolecular Hbond substituents is 2. The molecule has 28 heavy (non-hydrogen) atoms. The molecule has 3 heteroatoms. The molecule has 0 amide bonds. The molecule has 0 aliphatic heterocycles. The predicted molar refractivity (Wildman–Crippen MR) is 119 cm³/mol. The fraction of sp³-hybridized carbons (Fsp3) is 0.680. The van der Waals surface area contributed by atoms with Crippen LogP contribution in [0.5, 0.6) is 11.5 Å². The van der Waals surface area contributed by atoms with Crippen LogP contribution in [0.1, 0.15) is 91.5 Å². The van der Waals surface area contributed by atoms with E-state index in [1.165, 1.54) is 50.2 Å². The molecule has 3 nitrogen and oxygen atoms in total. The molecule has 1 aromatic carbocycles. The smallest absolute Gasteiger partial charge is 0.119 e. The highest BCUT2D eigenvalue weighted by Crippen LogP contribution is 2.34. The Balaban J connectivity index is 0.000000307. The van der Waals surface area contributed by atoms with Gasteiger partial charge in [-0.15, -0.1) is 0 Å². The van der Waals surface area contributed by atoms with E-state index in [1.807, 2.05) is 0 Å². The highest BCUT2D eigenvalue weighted by Gasteiger charge is 2.21. The lowest BCUT2D eigenvalue weighted by atomic mass is 9.80. The fourth-order valence-electron chi connectivity index (χ4n) is 3.78. The molecule has 2 rings (SSSR count). The van der Waals surface area contributed by atoms with Crippen molar-refractivity contribution in [3.05, 3.63) is 35.4 Å². The summed E-state index contributed by atoms with van der Waals surface area (Å²) < 4.78 is 0. The summed E-state index contributed by atoms with van der Waals surface area (Å²) in [5.41, 5.74) is 2.25. The third-order valence-electron chi connectivity index (χ3n) is 6.03. The number of allylic oxidation sites excluding steroid dienone is 1. The second-order valence-corrected chi connectivity index (χ2v) is 9.23. The number of rotatable bonds is 8. The highest BCUT2D eigenvalue weighted by molar-refractivity contribution is 5.39. The molecule has 0 saturated carbocycles. The third kappa shape index (κ3) is 8.68. The second kappa shape index (κ2) is 12.2. The predicted octanol–water partition coefficient (Wildman–Crippen LogP) is 6.71. The van der Waals surface area contributed by atoms with Crippen molar-refractivity contribution in [1.29, 1.82) is 0 Å². The summed E-state index contributed by atoms with van der Waals surface area (Å²) in [6, 6.07) is 4.87. The Morgan fingerprint density at radius 1 is 1.04 bits per heavy atom. The normalized spacial score (nSPS) is 17.1. The number of aliphatic hydroxyl groups excluding tert-OH is 1. The SMILES string of the molecule is CC(C)[C@H]1CC=C(CO)CC1.CCCCCCC(C)(C)c1cc(O)cc(O)c1.